The Labute approximate surface area is 189 Å². The van der Waals surface area contributed by atoms with Crippen molar-refractivity contribution in [2.75, 3.05) is 6.61 Å². The molecular weight excluding hydrogens is 428 g/mol. The van der Waals surface area contributed by atoms with Gasteiger partial charge in [0.2, 0.25) is 11.8 Å². The lowest BCUT2D eigenvalue weighted by atomic mass is 10.0. The fourth-order valence-corrected chi connectivity index (χ4v) is 4.07. The molecule has 2 heterocycles. The lowest BCUT2D eigenvalue weighted by Gasteiger charge is -2.29. The molecule has 0 aliphatic carbocycles. The van der Waals surface area contributed by atoms with E-state index in [0.717, 1.165) is 11.1 Å². The van der Waals surface area contributed by atoms with Crippen molar-refractivity contribution in [3.8, 4) is 5.75 Å². The molecule has 0 saturated carbocycles. The standard InChI is InChI=1S/C23H22N4O6/c1-12-8-14(33-11-20(29)30)9-13(2)21(12)26-25-17-5-3-4-15-16(17)10-27(23(15)32)18-6-7-19(28)24-22(18)31/h3-5,8-9,18H,6-7,10-11H2,1-2H3,(H,29,30)(H,24,28,31). The van der Waals surface area contributed by atoms with Gasteiger partial charge in [-0.05, 0) is 55.7 Å². The van der Waals surface area contributed by atoms with Gasteiger partial charge in [0, 0.05) is 24.1 Å². The fourth-order valence-electron chi connectivity index (χ4n) is 4.07. The summed E-state index contributed by atoms with van der Waals surface area (Å²) in [7, 11) is 0. The first-order valence-corrected chi connectivity index (χ1v) is 10.4. The highest BCUT2D eigenvalue weighted by molar-refractivity contribution is 6.06. The molecule has 33 heavy (non-hydrogen) atoms. The molecule has 0 spiro atoms. The molecule has 10 nitrogen and oxygen atoms in total. The van der Waals surface area contributed by atoms with E-state index in [0.29, 0.717) is 28.3 Å². The number of hydrogen-bond donors (Lipinski definition) is 2. The number of benzene rings is 2. The molecule has 3 amide bonds. The van der Waals surface area contributed by atoms with Gasteiger partial charge in [0.25, 0.3) is 5.91 Å². The first-order chi connectivity index (χ1) is 15.7. The molecule has 1 unspecified atom stereocenters. The highest BCUT2D eigenvalue weighted by Gasteiger charge is 2.39. The molecule has 2 aliphatic heterocycles. The van der Waals surface area contributed by atoms with Crippen LogP contribution in [-0.4, -0.2) is 46.3 Å². The second-order valence-electron chi connectivity index (χ2n) is 7.99. The van der Waals surface area contributed by atoms with Crippen molar-refractivity contribution in [2.24, 2.45) is 10.2 Å². The van der Waals surface area contributed by atoms with Crippen LogP contribution >= 0.6 is 0 Å². The van der Waals surface area contributed by atoms with Gasteiger partial charge in [0.05, 0.1) is 11.4 Å². The van der Waals surface area contributed by atoms with Crippen LogP contribution in [-0.2, 0) is 20.9 Å². The summed E-state index contributed by atoms with van der Waals surface area (Å²) in [4.78, 5) is 48.8. The maximum absolute atomic E-state index is 12.9. The van der Waals surface area contributed by atoms with Crippen LogP contribution in [0.1, 0.15) is 39.9 Å². The minimum Gasteiger partial charge on any atom is -0.482 e. The Kier molecular flexibility index (Phi) is 5.91. The topological polar surface area (TPSA) is 138 Å². The second-order valence-corrected chi connectivity index (χ2v) is 7.99. The second kappa shape index (κ2) is 8.81. The maximum atomic E-state index is 12.9. The largest absolute Gasteiger partial charge is 0.482 e. The lowest BCUT2D eigenvalue weighted by molar-refractivity contribution is -0.139. The van der Waals surface area contributed by atoms with Crippen molar-refractivity contribution in [2.45, 2.75) is 39.3 Å². The van der Waals surface area contributed by atoms with Gasteiger partial charge < -0.3 is 14.7 Å². The number of ether oxygens (including phenoxy) is 1. The average molecular weight is 450 g/mol. The van der Waals surface area contributed by atoms with Gasteiger partial charge in [-0.2, -0.15) is 5.11 Å². The highest BCUT2D eigenvalue weighted by atomic mass is 16.5. The number of carbonyl (C=O) groups excluding carboxylic acids is 3. The third kappa shape index (κ3) is 4.45. The van der Waals surface area contributed by atoms with Crippen molar-refractivity contribution in [3.63, 3.8) is 0 Å². The molecule has 4 rings (SSSR count). The summed E-state index contributed by atoms with van der Waals surface area (Å²) in [6, 6.07) is 7.82. The average Bonchev–Trinajstić information content (AvgIpc) is 3.09. The Morgan fingerprint density at radius 3 is 2.58 bits per heavy atom. The zero-order chi connectivity index (χ0) is 23.7. The number of imide groups is 1. The van der Waals surface area contributed by atoms with E-state index in [4.69, 9.17) is 9.84 Å². The van der Waals surface area contributed by atoms with Gasteiger partial charge in [-0.1, -0.05) is 6.07 Å². The number of rotatable bonds is 6. The van der Waals surface area contributed by atoms with Gasteiger partial charge in [0.15, 0.2) is 6.61 Å². The summed E-state index contributed by atoms with van der Waals surface area (Å²) in [5.41, 5.74) is 3.78. The predicted octanol–water partition coefficient (Wildman–Crippen LogP) is 2.94. The summed E-state index contributed by atoms with van der Waals surface area (Å²) < 4.78 is 5.24. The van der Waals surface area contributed by atoms with Crippen LogP contribution < -0.4 is 10.1 Å². The molecule has 1 saturated heterocycles. The molecule has 1 atom stereocenters. The lowest BCUT2D eigenvalue weighted by Crippen LogP contribution is -2.52. The maximum Gasteiger partial charge on any atom is 0.341 e. The first kappa shape index (κ1) is 22.1. The zero-order valence-electron chi connectivity index (χ0n) is 18.1. The molecule has 2 N–H and O–H groups in total. The number of aryl methyl sites for hydroxylation is 2. The van der Waals surface area contributed by atoms with E-state index < -0.39 is 24.5 Å². The Balaban J connectivity index is 1.58. The molecule has 2 aromatic carbocycles. The van der Waals surface area contributed by atoms with E-state index in [-0.39, 0.29) is 31.2 Å². The van der Waals surface area contributed by atoms with E-state index in [1.807, 2.05) is 13.8 Å². The van der Waals surface area contributed by atoms with Crippen LogP contribution in [0.15, 0.2) is 40.6 Å². The molecule has 1 fully saturated rings. The van der Waals surface area contributed by atoms with Gasteiger partial charge in [0.1, 0.15) is 11.8 Å². The van der Waals surface area contributed by atoms with Crippen molar-refractivity contribution in [3.05, 3.63) is 52.6 Å². The Morgan fingerprint density at radius 2 is 1.91 bits per heavy atom. The van der Waals surface area contributed by atoms with Crippen LogP contribution in [0, 0.1) is 13.8 Å². The third-order valence-corrected chi connectivity index (χ3v) is 5.64. The molecule has 2 aliphatic rings. The van der Waals surface area contributed by atoms with Gasteiger partial charge >= 0.3 is 5.97 Å². The SMILES string of the molecule is Cc1cc(OCC(=O)O)cc(C)c1N=Nc1cccc2c1CN(C1CCC(=O)NC1=O)C2=O. The number of amides is 3. The minimum atomic E-state index is -1.06. The summed E-state index contributed by atoms with van der Waals surface area (Å²) in [6.45, 7) is 3.40. The Morgan fingerprint density at radius 1 is 1.18 bits per heavy atom. The summed E-state index contributed by atoms with van der Waals surface area (Å²) in [6.07, 6.45) is 0.476. The van der Waals surface area contributed by atoms with Crippen LogP contribution in [0.3, 0.4) is 0 Å². The zero-order valence-corrected chi connectivity index (χ0v) is 18.1. The monoisotopic (exact) mass is 450 g/mol. The van der Waals surface area contributed by atoms with Gasteiger partial charge in [-0.15, -0.1) is 5.11 Å². The number of piperidine rings is 1. The number of nitrogens with one attached hydrogen (secondary N) is 1. The molecule has 0 bridgehead atoms. The first-order valence-electron chi connectivity index (χ1n) is 10.4. The van der Waals surface area contributed by atoms with Crippen LogP contribution in [0.25, 0.3) is 0 Å². The van der Waals surface area contributed by atoms with Crippen LogP contribution in [0.4, 0.5) is 11.4 Å². The number of fused-ring (bicyclic) bond motifs is 1. The number of carboxylic acids is 1. The van der Waals surface area contributed by atoms with Crippen LogP contribution in [0.5, 0.6) is 5.75 Å². The summed E-state index contributed by atoms with van der Waals surface area (Å²) in [5.74, 6) is -1.71. The molecule has 10 heteroatoms. The number of nitrogens with zero attached hydrogens (tertiary/aromatic N) is 3. The van der Waals surface area contributed by atoms with Gasteiger partial charge in [-0.3, -0.25) is 19.7 Å². The van der Waals surface area contributed by atoms with Crippen LogP contribution in [0.2, 0.25) is 0 Å². The normalized spacial score (nSPS) is 17.9. The smallest absolute Gasteiger partial charge is 0.341 e. The predicted molar refractivity (Wildman–Crippen MR) is 116 cm³/mol. The molecule has 170 valence electrons. The number of hydrogen-bond acceptors (Lipinski definition) is 7. The van der Waals surface area contributed by atoms with E-state index >= 15 is 0 Å². The molecular formula is C23H22N4O6. The summed E-state index contributed by atoms with van der Waals surface area (Å²) in [5, 5.41) is 19.8. The molecule has 0 radical (unpaired) electrons. The third-order valence-electron chi connectivity index (χ3n) is 5.64. The van der Waals surface area contributed by atoms with E-state index in [9.17, 15) is 19.2 Å². The van der Waals surface area contributed by atoms with E-state index in [1.54, 1.807) is 30.3 Å². The molecule has 0 aromatic heterocycles. The number of carbonyl (C=O) groups is 4. The Bertz CT molecular complexity index is 1180. The highest BCUT2D eigenvalue weighted by Crippen LogP contribution is 2.36. The van der Waals surface area contributed by atoms with E-state index in [1.165, 1.54) is 4.90 Å². The number of aliphatic carboxylic acids is 1. The number of azo groups is 1. The minimum absolute atomic E-state index is 0.188. The number of carboxylic acid groups (broad SMARTS) is 1. The van der Waals surface area contributed by atoms with Crippen molar-refractivity contribution >= 4 is 35.1 Å². The van der Waals surface area contributed by atoms with Gasteiger partial charge in [-0.25, -0.2) is 4.79 Å². The van der Waals surface area contributed by atoms with Crippen molar-refractivity contribution in [1.82, 2.24) is 10.2 Å². The van der Waals surface area contributed by atoms with E-state index in [2.05, 4.69) is 15.5 Å². The molecule has 2 aromatic rings. The Hall–Kier alpha value is -4.08. The fraction of sp³-hybridized carbons (Fsp3) is 0.304. The van der Waals surface area contributed by atoms with Crippen molar-refractivity contribution < 1.29 is 29.0 Å². The quantitative estimate of drug-likeness (QED) is 0.513. The van der Waals surface area contributed by atoms with Crippen molar-refractivity contribution in [1.29, 1.82) is 0 Å². The summed E-state index contributed by atoms with van der Waals surface area (Å²) >= 11 is 0.